The average Bonchev–Trinajstić information content (AvgIpc) is 3.04. The van der Waals surface area contributed by atoms with Crippen LogP contribution in [0, 0.1) is 12.8 Å². The van der Waals surface area contributed by atoms with Crippen LogP contribution in [0.4, 0.5) is 5.82 Å². The van der Waals surface area contributed by atoms with Crippen LogP contribution in [0.2, 0.25) is 5.15 Å². The lowest BCUT2D eigenvalue weighted by Gasteiger charge is -2.23. The first-order chi connectivity index (χ1) is 13.5. The van der Waals surface area contributed by atoms with Gasteiger partial charge in [-0.1, -0.05) is 11.6 Å². The number of fused-ring (bicyclic) bond motifs is 1. The van der Waals surface area contributed by atoms with Crippen molar-refractivity contribution < 1.29 is 4.79 Å². The molecule has 4 heterocycles. The number of aromatic nitrogens is 4. The predicted molar refractivity (Wildman–Crippen MR) is 109 cm³/mol. The van der Waals surface area contributed by atoms with Crippen molar-refractivity contribution in [3.05, 3.63) is 41.1 Å². The topological polar surface area (TPSA) is 110 Å². The molecule has 1 aliphatic heterocycles. The predicted octanol–water partition coefficient (Wildman–Crippen LogP) is 2.26. The Hall–Kier alpha value is -2.71. The van der Waals surface area contributed by atoms with Crippen LogP contribution in [0.1, 0.15) is 29.0 Å². The van der Waals surface area contributed by atoms with Crippen molar-refractivity contribution in [3.63, 3.8) is 0 Å². The van der Waals surface area contributed by atoms with E-state index in [1.54, 1.807) is 12.3 Å². The van der Waals surface area contributed by atoms with Gasteiger partial charge in [0.1, 0.15) is 10.8 Å². The summed E-state index contributed by atoms with van der Waals surface area (Å²) in [6, 6.07) is 3.60. The van der Waals surface area contributed by atoms with Crippen molar-refractivity contribution in [2.24, 2.45) is 11.7 Å². The maximum absolute atomic E-state index is 11.8. The molecule has 3 aromatic rings. The van der Waals surface area contributed by atoms with Gasteiger partial charge < -0.3 is 16.4 Å². The Morgan fingerprint density at radius 1 is 1.39 bits per heavy atom. The Labute approximate surface area is 167 Å². The van der Waals surface area contributed by atoms with Gasteiger partial charge in [-0.25, -0.2) is 15.0 Å². The van der Waals surface area contributed by atoms with Gasteiger partial charge in [0.2, 0.25) is 0 Å². The van der Waals surface area contributed by atoms with Gasteiger partial charge >= 0.3 is 0 Å². The first-order valence-electron chi connectivity index (χ1n) is 9.29. The van der Waals surface area contributed by atoms with E-state index in [9.17, 15) is 4.79 Å². The van der Waals surface area contributed by atoms with E-state index in [-0.39, 0.29) is 5.69 Å². The molecule has 1 fully saturated rings. The highest BCUT2D eigenvalue weighted by molar-refractivity contribution is 6.29. The summed E-state index contributed by atoms with van der Waals surface area (Å²) >= 11 is 6.05. The quantitative estimate of drug-likeness (QED) is 0.567. The van der Waals surface area contributed by atoms with Crippen molar-refractivity contribution in [2.45, 2.75) is 19.8 Å². The molecule has 146 valence electrons. The molecule has 0 aromatic carbocycles. The third-order valence-corrected chi connectivity index (χ3v) is 5.32. The highest BCUT2D eigenvalue weighted by Gasteiger charge is 2.19. The maximum atomic E-state index is 11.8. The van der Waals surface area contributed by atoms with E-state index in [0.717, 1.165) is 38.0 Å². The van der Waals surface area contributed by atoms with Gasteiger partial charge in [0.15, 0.2) is 11.5 Å². The van der Waals surface area contributed by atoms with Gasteiger partial charge in [0.25, 0.3) is 5.91 Å². The monoisotopic (exact) mass is 399 g/mol. The van der Waals surface area contributed by atoms with Gasteiger partial charge in [0.05, 0.1) is 11.4 Å². The number of halogens is 1. The molecule has 28 heavy (non-hydrogen) atoms. The van der Waals surface area contributed by atoms with E-state index < -0.39 is 5.91 Å². The number of aryl methyl sites for hydroxylation is 1. The van der Waals surface area contributed by atoms with Crippen molar-refractivity contribution in [1.29, 1.82) is 0 Å². The summed E-state index contributed by atoms with van der Waals surface area (Å²) in [5.41, 5.74) is 8.55. The molecule has 4 rings (SSSR count). The minimum Gasteiger partial charge on any atom is -0.367 e. The second kappa shape index (κ2) is 7.73. The first-order valence-corrected chi connectivity index (χ1v) is 9.66. The SMILES string of the molecule is Cc1c(C(N)=O)nc2c(NCC3CCNCC3)nc(-c3ccnc(Cl)c3)cn12. The molecule has 1 aliphatic rings. The van der Waals surface area contributed by atoms with Crippen LogP contribution in [-0.2, 0) is 0 Å². The lowest BCUT2D eigenvalue weighted by atomic mass is 9.98. The maximum Gasteiger partial charge on any atom is 0.269 e. The Morgan fingerprint density at radius 2 is 2.18 bits per heavy atom. The molecule has 4 N–H and O–H groups in total. The molecule has 1 saturated heterocycles. The summed E-state index contributed by atoms with van der Waals surface area (Å²) in [6.07, 6.45) is 5.71. The normalized spacial score (nSPS) is 15.1. The molecule has 0 radical (unpaired) electrons. The summed E-state index contributed by atoms with van der Waals surface area (Å²) in [5, 5.41) is 7.20. The van der Waals surface area contributed by atoms with Crippen LogP contribution in [0.3, 0.4) is 0 Å². The summed E-state index contributed by atoms with van der Waals surface area (Å²) < 4.78 is 1.85. The zero-order valence-corrected chi connectivity index (χ0v) is 16.3. The smallest absolute Gasteiger partial charge is 0.269 e. The molecular weight excluding hydrogens is 378 g/mol. The number of carbonyl (C=O) groups excluding carboxylic acids is 1. The second-order valence-electron chi connectivity index (χ2n) is 7.02. The Morgan fingerprint density at radius 3 is 2.89 bits per heavy atom. The summed E-state index contributed by atoms with van der Waals surface area (Å²) in [4.78, 5) is 25.0. The molecule has 9 heteroatoms. The second-order valence-corrected chi connectivity index (χ2v) is 7.41. The molecule has 8 nitrogen and oxygen atoms in total. The number of nitrogens with two attached hydrogens (primary N) is 1. The first kappa shape index (κ1) is 18.6. The van der Waals surface area contributed by atoms with E-state index in [4.69, 9.17) is 22.3 Å². The van der Waals surface area contributed by atoms with Crippen LogP contribution in [-0.4, -0.2) is 44.9 Å². The number of nitrogens with one attached hydrogen (secondary N) is 2. The Balaban J connectivity index is 1.78. The summed E-state index contributed by atoms with van der Waals surface area (Å²) in [5.74, 6) is 0.632. The van der Waals surface area contributed by atoms with E-state index in [0.29, 0.717) is 33.9 Å². The van der Waals surface area contributed by atoms with Gasteiger partial charge in [-0.2, -0.15) is 0 Å². The average molecular weight is 400 g/mol. The van der Waals surface area contributed by atoms with Crippen molar-refractivity contribution in [1.82, 2.24) is 24.7 Å². The number of hydrogen-bond acceptors (Lipinski definition) is 6. The van der Waals surface area contributed by atoms with Crippen LogP contribution in [0.5, 0.6) is 0 Å². The van der Waals surface area contributed by atoms with Crippen LogP contribution in [0.15, 0.2) is 24.5 Å². The number of anilines is 1. The zero-order chi connectivity index (χ0) is 19.7. The molecule has 0 atom stereocenters. The third-order valence-electron chi connectivity index (χ3n) is 5.12. The fourth-order valence-corrected chi connectivity index (χ4v) is 3.71. The molecule has 0 unspecified atom stereocenters. The van der Waals surface area contributed by atoms with E-state index in [1.165, 1.54) is 0 Å². The molecule has 0 saturated carbocycles. The van der Waals surface area contributed by atoms with Crippen LogP contribution in [0.25, 0.3) is 16.9 Å². The van der Waals surface area contributed by atoms with Crippen molar-refractivity contribution in [2.75, 3.05) is 25.0 Å². The van der Waals surface area contributed by atoms with Gasteiger partial charge in [-0.15, -0.1) is 0 Å². The third kappa shape index (κ3) is 3.65. The number of hydrogen-bond donors (Lipinski definition) is 3. The molecule has 3 aromatic heterocycles. The Kier molecular flexibility index (Phi) is 5.15. The largest absolute Gasteiger partial charge is 0.367 e. The number of rotatable bonds is 5. The van der Waals surface area contributed by atoms with Crippen molar-refractivity contribution >= 4 is 29.0 Å². The van der Waals surface area contributed by atoms with E-state index in [2.05, 4.69) is 20.6 Å². The number of piperidine rings is 1. The van der Waals surface area contributed by atoms with Gasteiger partial charge in [-0.3, -0.25) is 9.20 Å². The molecule has 0 aliphatic carbocycles. The number of pyridine rings is 1. The fourth-order valence-electron chi connectivity index (χ4n) is 3.54. The highest BCUT2D eigenvalue weighted by Crippen LogP contribution is 2.26. The van der Waals surface area contributed by atoms with Crippen LogP contribution < -0.4 is 16.4 Å². The lowest BCUT2D eigenvalue weighted by molar-refractivity contribution is 0.0995. The minimum atomic E-state index is -0.556. The van der Waals surface area contributed by atoms with Crippen LogP contribution >= 0.6 is 11.6 Å². The number of carbonyl (C=O) groups is 1. The van der Waals surface area contributed by atoms with E-state index in [1.807, 2.05) is 23.6 Å². The van der Waals surface area contributed by atoms with E-state index >= 15 is 0 Å². The van der Waals surface area contributed by atoms with Crippen molar-refractivity contribution in [3.8, 4) is 11.3 Å². The molecular formula is C19H22ClN7O. The summed E-state index contributed by atoms with van der Waals surface area (Å²) in [6.45, 7) is 4.67. The fraction of sp³-hybridized carbons (Fsp3) is 0.368. The molecule has 1 amide bonds. The van der Waals surface area contributed by atoms with Gasteiger partial charge in [-0.05, 0) is 50.9 Å². The lowest BCUT2D eigenvalue weighted by Crippen LogP contribution is -2.31. The zero-order valence-electron chi connectivity index (χ0n) is 15.6. The summed E-state index contributed by atoms with van der Waals surface area (Å²) in [7, 11) is 0. The number of imidazole rings is 1. The molecule has 0 spiro atoms. The standard InChI is InChI=1S/C19H22ClN7O/c1-11-16(17(21)28)26-19-18(24-9-12-2-5-22-6-3-12)25-14(10-27(11)19)13-4-7-23-15(20)8-13/h4,7-8,10,12,22H,2-3,5-6,9H2,1H3,(H2,21,28)(H,24,25). The number of nitrogens with zero attached hydrogens (tertiary/aromatic N) is 4. The minimum absolute atomic E-state index is 0.247. The number of amides is 1. The number of primary amides is 1. The molecule has 0 bridgehead atoms. The Bertz CT molecular complexity index is 1030. The van der Waals surface area contributed by atoms with Gasteiger partial charge in [0, 0.05) is 24.5 Å². The highest BCUT2D eigenvalue weighted by atomic mass is 35.5.